The second-order valence-electron chi connectivity index (χ2n) is 5.42. The van der Waals surface area contributed by atoms with Gasteiger partial charge in [-0.3, -0.25) is 14.5 Å². The number of fused-ring (bicyclic) bond motifs is 1. The minimum atomic E-state index is -4.01. The van der Waals surface area contributed by atoms with Crippen molar-refractivity contribution in [1.29, 1.82) is 0 Å². The van der Waals surface area contributed by atoms with Gasteiger partial charge in [0.15, 0.2) is 6.17 Å². The van der Waals surface area contributed by atoms with Crippen molar-refractivity contribution < 1.29 is 27.2 Å². The highest BCUT2D eigenvalue weighted by atomic mass is 19.3. The van der Waals surface area contributed by atoms with E-state index in [9.17, 15) is 27.2 Å². The zero-order chi connectivity index (χ0) is 17.5. The van der Waals surface area contributed by atoms with E-state index in [1.165, 1.54) is 24.3 Å². The van der Waals surface area contributed by atoms with Crippen LogP contribution >= 0.6 is 0 Å². The van der Waals surface area contributed by atoms with E-state index in [0.29, 0.717) is 4.90 Å². The average Bonchev–Trinajstić information content (AvgIpc) is 2.80. The third kappa shape index (κ3) is 2.66. The van der Waals surface area contributed by atoms with Crippen LogP contribution in [0.5, 0.6) is 0 Å². The number of halogens is 4. The summed E-state index contributed by atoms with van der Waals surface area (Å²) in [7, 11) is 0. The summed E-state index contributed by atoms with van der Waals surface area (Å²) >= 11 is 0. The molecule has 0 fully saturated rings. The first-order valence-electron chi connectivity index (χ1n) is 7.04. The summed E-state index contributed by atoms with van der Waals surface area (Å²) in [5.41, 5.74) is -0.413. The van der Waals surface area contributed by atoms with Gasteiger partial charge < -0.3 is 0 Å². The molecular weight excluding hydrogens is 326 g/mol. The van der Waals surface area contributed by atoms with E-state index in [1.54, 1.807) is 0 Å². The second kappa shape index (κ2) is 5.74. The van der Waals surface area contributed by atoms with E-state index in [1.807, 2.05) is 0 Å². The maximum absolute atomic E-state index is 14.2. The van der Waals surface area contributed by atoms with Crippen molar-refractivity contribution in [2.75, 3.05) is 6.54 Å². The summed E-state index contributed by atoms with van der Waals surface area (Å²) in [5.74, 6) is -6.47. The minimum Gasteiger partial charge on any atom is -0.269 e. The average molecular weight is 337 g/mol. The Labute approximate surface area is 134 Å². The van der Waals surface area contributed by atoms with E-state index in [-0.39, 0.29) is 11.1 Å². The largest absolute Gasteiger partial charge is 0.300 e. The molecule has 1 atom stereocenters. The lowest BCUT2D eigenvalue weighted by atomic mass is 10.0. The van der Waals surface area contributed by atoms with Crippen molar-refractivity contribution in [3.63, 3.8) is 0 Å². The van der Waals surface area contributed by atoms with Crippen LogP contribution in [0.15, 0.2) is 48.5 Å². The van der Waals surface area contributed by atoms with Gasteiger partial charge in [-0.05, 0) is 29.8 Å². The number of amides is 2. The Morgan fingerprint density at radius 3 is 1.92 bits per heavy atom. The molecule has 3 rings (SSSR count). The molecule has 3 nitrogen and oxygen atoms in total. The predicted molar refractivity (Wildman–Crippen MR) is 77.0 cm³/mol. The number of carbonyl (C=O) groups excluding carboxylic acids is 2. The quantitative estimate of drug-likeness (QED) is 0.629. The van der Waals surface area contributed by atoms with Crippen molar-refractivity contribution in [3.8, 4) is 0 Å². The first-order valence-corrected chi connectivity index (χ1v) is 7.04. The van der Waals surface area contributed by atoms with E-state index < -0.39 is 41.8 Å². The van der Waals surface area contributed by atoms with Crippen molar-refractivity contribution in [2.24, 2.45) is 0 Å². The van der Waals surface area contributed by atoms with Crippen LogP contribution in [0.1, 0.15) is 32.5 Å². The van der Waals surface area contributed by atoms with Gasteiger partial charge in [-0.15, -0.1) is 0 Å². The Hall–Kier alpha value is -2.70. The number of nitrogens with zero attached hydrogens (tertiary/aromatic N) is 1. The number of hydrogen-bond donors (Lipinski definition) is 0. The van der Waals surface area contributed by atoms with Gasteiger partial charge in [0, 0.05) is 0 Å². The number of hydrogen-bond acceptors (Lipinski definition) is 2. The Kier molecular flexibility index (Phi) is 3.87. The van der Waals surface area contributed by atoms with Crippen LogP contribution in [0.4, 0.5) is 17.6 Å². The maximum atomic E-state index is 14.2. The van der Waals surface area contributed by atoms with Gasteiger partial charge >= 0.3 is 5.92 Å². The molecule has 0 aliphatic carbocycles. The van der Waals surface area contributed by atoms with Gasteiger partial charge in [-0.25, -0.2) is 17.6 Å². The van der Waals surface area contributed by atoms with Gasteiger partial charge in [-0.1, -0.05) is 24.3 Å². The molecule has 0 saturated heterocycles. The van der Waals surface area contributed by atoms with Gasteiger partial charge in [0.25, 0.3) is 11.8 Å². The molecule has 1 aliphatic rings. The van der Waals surface area contributed by atoms with Crippen LogP contribution in [0, 0.1) is 5.82 Å². The van der Waals surface area contributed by atoms with Crippen molar-refractivity contribution in [1.82, 2.24) is 4.90 Å². The van der Waals surface area contributed by atoms with Crippen LogP contribution < -0.4 is 0 Å². The summed E-state index contributed by atoms with van der Waals surface area (Å²) in [6.07, 6.45) is -2.78. The number of benzene rings is 2. The lowest BCUT2D eigenvalue weighted by Crippen LogP contribution is -2.42. The second-order valence-corrected chi connectivity index (χ2v) is 5.42. The molecule has 1 aliphatic heterocycles. The Morgan fingerprint density at radius 1 is 0.917 bits per heavy atom. The summed E-state index contributed by atoms with van der Waals surface area (Å²) in [6.45, 7) is -1.39. The Balaban J connectivity index is 1.83. The third-order valence-electron chi connectivity index (χ3n) is 3.78. The van der Waals surface area contributed by atoms with Gasteiger partial charge in [-0.2, -0.15) is 0 Å². The van der Waals surface area contributed by atoms with Gasteiger partial charge in [0.1, 0.15) is 5.82 Å². The molecule has 24 heavy (non-hydrogen) atoms. The SMILES string of the molecule is O=C1c2ccccc2C(=O)N1CC(F)(F)[C@@H](F)c1ccc(F)cc1. The number of carbonyl (C=O) groups is 2. The van der Waals surface area contributed by atoms with Crippen LogP contribution in [-0.4, -0.2) is 29.2 Å². The zero-order valence-electron chi connectivity index (χ0n) is 12.2. The summed E-state index contributed by atoms with van der Waals surface area (Å²) in [6, 6.07) is 9.22. The van der Waals surface area contributed by atoms with Crippen molar-refractivity contribution in [2.45, 2.75) is 12.1 Å². The van der Waals surface area contributed by atoms with Crippen molar-refractivity contribution in [3.05, 3.63) is 71.0 Å². The van der Waals surface area contributed by atoms with Gasteiger partial charge in [0.05, 0.1) is 17.7 Å². The molecule has 0 bridgehead atoms. The molecular formula is C17H11F4NO2. The molecule has 0 unspecified atom stereocenters. The zero-order valence-corrected chi connectivity index (χ0v) is 12.2. The minimum absolute atomic E-state index is 0.00971. The Morgan fingerprint density at radius 2 is 1.42 bits per heavy atom. The van der Waals surface area contributed by atoms with E-state index >= 15 is 0 Å². The standard InChI is InChI=1S/C17H11F4NO2/c18-11-7-5-10(6-8-11)14(19)17(20,21)9-22-15(23)12-3-1-2-4-13(12)16(22)24/h1-8,14H,9H2/t14-/m0/s1. The molecule has 7 heteroatoms. The lowest BCUT2D eigenvalue weighted by Gasteiger charge is -2.25. The maximum Gasteiger partial charge on any atom is 0.300 e. The molecule has 0 aromatic heterocycles. The normalized spacial score (nSPS) is 15.6. The van der Waals surface area contributed by atoms with E-state index in [2.05, 4.69) is 0 Å². The fourth-order valence-corrected chi connectivity index (χ4v) is 2.55. The number of alkyl halides is 3. The lowest BCUT2D eigenvalue weighted by molar-refractivity contribution is -0.0850. The Bertz CT molecular complexity index is 769. The molecule has 0 spiro atoms. The highest BCUT2D eigenvalue weighted by Gasteiger charge is 2.47. The molecule has 0 N–H and O–H groups in total. The highest BCUT2D eigenvalue weighted by Crippen LogP contribution is 2.37. The smallest absolute Gasteiger partial charge is 0.269 e. The van der Waals surface area contributed by atoms with Gasteiger partial charge in [0.2, 0.25) is 0 Å². The number of rotatable bonds is 4. The van der Waals surface area contributed by atoms with E-state index in [4.69, 9.17) is 0 Å². The molecule has 1 heterocycles. The monoisotopic (exact) mass is 337 g/mol. The van der Waals surface area contributed by atoms with Crippen LogP contribution in [0.2, 0.25) is 0 Å². The van der Waals surface area contributed by atoms with Crippen LogP contribution in [0.3, 0.4) is 0 Å². The molecule has 0 saturated carbocycles. The molecule has 2 amide bonds. The molecule has 124 valence electrons. The summed E-state index contributed by atoms with van der Waals surface area (Å²) in [5, 5.41) is 0. The highest BCUT2D eigenvalue weighted by molar-refractivity contribution is 6.21. The molecule has 2 aromatic carbocycles. The van der Waals surface area contributed by atoms with Crippen LogP contribution in [0.25, 0.3) is 0 Å². The predicted octanol–water partition coefficient (Wildman–Crippen LogP) is 3.77. The number of imide groups is 1. The third-order valence-corrected chi connectivity index (χ3v) is 3.78. The van der Waals surface area contributed by atoms with Crippen LogP contribution in [-0.2, 0) is 0 Å². The summed E-state index contributed by atoms with van der Waals surface area (Å²) < 4.78 is 55.4. The first kappa shape index (κ1) is 16.2. The molecule has 2 aromatic rings. The molecule has 0 radical (unpaired) electrons. The van der Waals surface area contributed by atoms with Crippen molar-refractivity contribution >= 4 is 11.8 Å². The topological polar surface area (TPSA) is 37.4 Å². The fraction of sp³-hybridized carbons (Fsp3) is 0.176. The first-order chi connectivity index (χ1) is 11.3. The van der Waals surface area contributed by atoms with E-state index in [0.717, 1.165) is 24.3 Å². The fourth-order valence-electron chi connectivity index (χ4n) is 2.55. The summed E-state index contributed by atoms with van der Waals surface area (Å²) in [4.78, 5) is 24.5.